The summed E-state index contributed by atoms with van der Waals surface area (Å²) in [5.74, 6) is 1.67. The van der Waals surface area contributed by atoms with Crippen molar-refractivity contribution in [2.45, 2.75) is 49.6 Å². The van der Waals surface area contributed by atoms with Crippen molar-refractivity contribution in [3.8, 4) is 0 Å². The molecule has 1 aromatic heterocycles. The highest BCUT2D eigenvalue weighted by Crippen LogP contribution is 2.55. The number of nitrogen functional groups attached to an aromatic ring is 1. The average molecular weight is 426 g/mol. The standard InChI is InChI=1S/C17H25N5O3S.CH2O2/c1-10-6-15(21-16(18)20-10)22-8-13-12(7-19-26(23,24)11-2-3-11)14-4-5-17(13,9-22)25-14;2-1-3/h6,11-14,19H,2-5,7-9H2,1H3,(H2,18,20,21);1H,(H,2,3)/t12-,13+,14+,17+;/m0./s1. The van der Waals surface area contributed by atoms with Crippen molar-refractivity contribution >= 4 is 28.3 Å². The zero-order chi connectivity index (χ0) is 20.8. The lowest BCUT2D eigenvalue weighted by molar-refractivity contribution is -0.122. The van der Waals surface area contributed by atoms with E-state index in [-0.39, 0.29) is 35.3 Å². The van der Waals surface area contributed by atoms with Gasteiger partial charge in [-0.25, -0.2) is 18.1 Å². The first-order chi connectivity index (χ1) is 13.8. The fourth-order valence-corrected chi connectivity index (χ4v) is 6.50. The summed E-state index contributed by atoms with van der Waals surface area (Å²) in [6.45, 7) is 3.75. The molecule has 0 amide bonds. The molecule has 4 N–H and O–H groups in total. The van der Waals surface area contributed by atoms with E-state index < -0.39 is 10.0 Å². The molecule has 4 heterocycles. The van der Waals surface area contributed by atoms with E-state index in [1.165, 1.54) is 0 Å². The molecule has 29 heavy (non-hydrogen) atoms. The van der Waals surface area contributed by atoms with E-state index in [1.54, 1.807) is 0 Å². The van der Waals surface area contributed by atoms with Gasteiger partial charge in [0.05, 0.1) is 17.0 Å². The first kappa shape index (κ1) is 20.3. The largest absolute Gasteiger partial charge is 0.483 e. The summed E-state index contributed by atoms with van der Waals surface area (Å²) in [5.41, 5.74) is 6.49. The third kappa shape index (κ3) is 3.78. The van der Waals surface area contributed by atoms with E-state index in [2.05, 4.69) is 19.6 Å². The van der Waals surface area contributed by atoms with Crippen LogP contribution in [0.3, 0.4) is 0 Å². The highest BCUT2D eigenvalue weighted by atomic mass is 32.2. The molecular weight excluding hydrogens is 398 g/mol. The Bertz CT molecular complexity index is 872. The van der Waals surface area contributed by atoms with Crippen LogP contribution in [-0.4, -0.2) is 66.6 Å². The van der Waals surface area contributed by atoms with E-state index in [9.17, 15) is 8.42 Å². The van der Waals surface area contributed by atoms with Crippen LogP contribution < -0.4 is 15.4 Å². The van der Waals surface area contributed by atoms with Crippen LogP contribution in [0.15, 0.2) is 6.07 Å². The van der Waals surface area contributed by atoms with Gasteiger partial charge in [0.25, 0.3) is 6.47 Å². The zero-order valence-electron chi connectivity index (χ0n) is 16.3. The Morgan fingerprint density at radius 2 is 2.14 bits per heavy atom. The smallest absolute Gasteiger partial charge is 0.290 e. The Morgan fingerprint density at radius 3 is 2.79 bits per heavy atom. The van der Waals surface area contributed by atoms with Crippen LogP contribution in [-0.2, 0) is 19.6 Å². The number of anilines is 2. The Hall–Kier alpha value is -1.98. The Balaban J connectivity index is 0.000000645. The number of hydrogen-bond acceptors (Lipinski definition) is 8. The number of carbonyl (C=O) groups is 1. The predicted octanol–water partition coefficient (Wildman–Crippen LogP) is 0.134. The van der Waals surface area contributed by atoms with Crippen LogP contribution in [0.4, 0.5) is 11.8 Å². The van der Waals surface area contributed by atoms with Crippen LogP contribution in [0.1, 0.15) is 31.4 Å². The number of fused-ring (bicyclic) bond motifs is 1. The maximum absolute atomic E-state index is 12.2. The van der Waals surface area contributed by atoms with Crippen LogP contribution >= 0.6 is 0 Å². The molecular formula is C18H27N5O5S. The lowest BCUT2D eigenvalue weighted by Crippen LogP contribution is -2.42. The first-order valence-electron chi connectivity index (χ1n) is 9.88. The number of ether oxygens (including phenoxy) is 1. The van der Waals surface area contributed by atoms with Gasteiger partial charge in [-0.2, -0.15) is 4.98 Å². The number of nitrogens with one attached hydrogen (secondary N) is 1. The first-order valence-corrected chi connectivity index (χ1v) is 11.4. The van der Waals surface area contributed by atoms with E-state index in [0.29, 0.717) is 12.5 Å². The van der Waals surface area contributed by atoms with E-state index in [4.69, 9.17) is 20.4 Å². The fraction of sp³-hybridized carbons (Fsp3) is 0.722. The molecule has 4 aliphatic rings. The van der Waals surface area contributed by atoms with E-state index in [0.717, 1.165) is 50.3 Å². The van der Waals surface area contributed by atoms with Gasteiger partial charge >= 0.3 is 0 Å². The number of sulfonamides is 1. The molecule has 5 rings (SSSR count). The minimum absolute atomic E-state index is 0.168. The highest BCUT2D eigenvalue weighted by molar-refractivity contribution is 7.90. The van der Waals surface area contributed by atoms with Crippen molar-refractivity contribution in [2.24, 2.45) is 11.8 Å². The second kappa shape index (κ2) is 7.37. The number of nitrogens with zero attached hydrogens (tertiary/aromatic N) is 3. The summed E-state index contributed by atoms with van der Waals surface area (Å²) < 4.78 is 33.7. The van der Waals surface area contributed by atoms with Crippen LogP contribution in [0.2, 0.25) is 0 Å². The van der Waals surface area contributed by atoms with Gasteiger partial charge in [0, 0.05) is 43.2 Å². The molecule has 1 aliphatic carbocycles. The molecule has 0 aromatic carbocycles. The normalized spacial score (nSPS) is 32.6. The molecule has 0 radical (unpaired) electrons. The summed E-state index contributed by atoms with van der Waals surface area (Å²) in [6, 6.07) is 1.95. The van der Waals surface area contributed by atoms with Gasteiger partial charge in [-0.15, -0.1) is 0 Å². The lowest BCUT2D eigenvalue weighted by atomic mass is 9.74. The SMILES string of the molecule is Cc1cc(N2C[C@@H]3[C@H](CNS(=O)(=O)C4CC4)[C@H]4CC[C@]3(C2)O4)nc(N)n1.O=CO. The molecule has 1 spiro atoms. The van der Waals surface area contributed by atoms with Gasteiger partial charge in [0.2, 0.25) is 16.0 Å². The van der Waals surface area contributed by atoms with Crippen molar-refractivity contribution in [2.75, 3.05) is 30.3 Å². The number of rotatable bonds is 5. The van der Waals surface area contributed by atoms with Gasteiger partial charge in [-0.3, -0.25) is 4.79 Å². The van der Waals surface area contributed by atoms with Crippen molar-refractivity contribution in [3.05, 3.63) is 11.8 Å². The molecule has 4 atom stereocenters. The number of hydrogen-bond donors (Lipinski definition) is 3. The van der Waals surface area contributed by atoms with Gasteiger partial charge in [-0.1, -0.05) is 0 Å². The van der Waals surface area contributed by atoms with Crippen LogP contribution in [0.25, 0.3) is 0 Å². The van der Waals surface area contributed by atoms with Crippen LogP contribution in [0, 0.1) is 18.8 Å². The van der Waals surface area contributed by atoms with Gasteiger partial charge in [-0.05, 0) is 32.6 Å². The Morgan fingerprint density at radius 1 is 1.41 bits per heavy atom. The molecule has 0 unspecified atom stereocenters. The molecule has 1 aromatic rings. The van der Waals surface area contributed by atoms with E-state index >= 15 is 0 Å². The summed E-state index contributed by atoms with van der Waals surface area (Å²) in [5, 5.41) is 6.71. The monoisotopic (exact) mass is 425 g/mol. The second-order valence-electron chi connectivity index (χ2n) is 8.33. The van der Waals surface area contributed by atoms with Crippen molar-refractivity contribution in [1.82, 2.24) is 14.7 Å². The highest BCUT2D eigenvalue weighted by Gasteiger charge is 2.63. The van der Waals surface area contributed by atoms with E-state index in [1.807, 2.05) is 13.0 Å². The van der Waals surface area contributed by atoms with Gasteiger partial charge in [0.1, 0.15) is 5.82 Å². The third-order valence-electron chi connectivity index (χ3n) is 6.45. The Labute approximate surface area is 169 Å². The van der Waals surface area contributed by atoms with Crippen molar-refractivity contribution in [3.63, 3.8) is 0 Å². The lowest BCUT2D eigenvalue weighted by Gasteiger charge is -2.29. The number of carboxylic acid groups (broad SMARTS) is 1. The van der Waals surface area contributed by atoms with Gasteiger partial charge < -0.3 is 20.5 Å². The molecule has 11 heteroatoms. The summed E-state index contributed by atoms with van der Waals surface area (Å²) >= 11 is 0. The van der Waals surface area contributed by atoms with Crippen molar-refractivity contribution in [1.29, 1.82) is 0 Å². The second-order valence-corrected chi connectivity index (χ2v) is 10.4. The number of aromatic nitrogens is 2. The van der Waals surface area contributed by atoms with Gasteiger partial charge in [0.15, 0.2) is 0 Å². The quantitative estimate of drug-likeness (QED) is 0.560. The van der Waals surface area contributed by atoms with Crippen molar-refractivity contribution < 1.29 is 23.1 Å². The number of aryl methyl sites for hydroxylation is 1. The summed E-state index contributed by atoms with van der Waals surface area (Å²) in [7, 11) is -3.16. The minimum Gasteiger partial charge on any atom is -0.483 e. The zero-order valence-corrected chi connectivity index (χ0v) is 17.1. The average Bonchev–Trinajstić information content (AvgIpc) is 3.25. The molecule has 10 nitrogen and oxygen atoms in total. The maximum Gasteiger partial charge on any atom is 0.290 e. The molecule has 1 saturated carbocycles. The minimum atomic E-state index is -3.16. The maximum atomic E-state index is 12.2. The third-order valence-corrected chi connectivity index (χ3v) is 8.37. The number of nitrogens with two attached hydrogens (primary N) is 1. The molecule has 3 aliphatic heterocycles. The molecule has 160 valence electrons. The molecule has 2 bridgehead atoms. The van der Waals surface area contributed by atoms with Crippen LogP contribution in [0.5, 0.6) is 0 Å². The summed E-state index contributed by atoms with van der Waals surface area (Å²) in [4.78, 5) is 19.1. The fourth-order valence-electron chi connectivity index (χ4n) is 5.08. The molecule has 3 saturated heterocycles. The molecule has 4 fully saturated rings. The summed E-state index contributed by atoms with van der Waals surface area (Å²) in [6.07, 6.45) is 3.78. The topological polar surface area (TPSA) is 148 Å². The predicted molar refractivity (Wildman–Crippen MR) is 106 cm³/mol. The Kier molecular flexibility index (Phi) is 5.16.